The SMILES string of the molecule is C=CCn1c(SCCC(=O)[O-])nc2c1c(=O)n(C)c(=O)n2C. The van der Waals surface area contributed by atoms with Crippen LogP contribution in [0.4, 0.5) is 0 Å². The molecule has 0 aliphatic rings. The maximum atomic E-state index is 12.3. The third-order valence-electron chi connectivity index (χ3n) is 3.16. The number of carboxylic acid groups (broad SMARTS) is 1. The maximum absolute atomic E-state index is 12.3. The number of carboxylic acids is 1. The molecule has 118 valence electrons. The number of carbonyl (C=O) groups is 1. The molecule has 2 heterocycles. The molecule has 0 saturated heterocycles. The fraction of sp³-hybridized carbons (Fsp3) is 0.385. The number of imidazole rings is 1. The van der Waals surface area contributed by atoms with E-state index >= 15 is 0 Å². The van der Waals surface area contributed by atoms with Crippen LogP contribution in [0.5, 0.6) is 0 Å². The van der Waals surface area contributed by atoms with Gasteiger partial charge in [0.2, 0.25) is 0 Å². The van der Waals surface area contributed by atoms with Crippen molar-refractivity contribution in [3.63, 3.8) is 0 Å². The van der Waals surface area contributed by atoms with Crippen LogP contribution >= 0.6 is 11.8 Å². The van der Waals surface area contributed by atoms with Crippen LogP contribution < -0.4 is 16.4 Å². The Hall–Kier alpha value is -2.29. The Morgan fingerprint density at radius 1 is 1.36 bits per heavy atom. The second-order valence-electron chi connectivity index (χ2n) is 4.64. The Morgan fingerprint density at radius 3 is 2.64 bits per heavy atom. The summed E-state index contributed by atoms with van der Waals surface area (Å²) in [5.74, 6) is -0.890. The molecule has 22 heavy (non-hydrogen) atoms. The van der Waals surface area contributed by atoms with Crippen molar-refractivity contribution in [1.82, 2.24) is 18.7 Å². The van der Waals surface area contributed by atoms with Crippen LogP contribution in [0.15, 0.2) is 27.4 Å². The molecule has 0 radical (unpaired) electrons. The van der Waals surface area contributed by atoms with Gasteiger partial charge in [-0.3, -0.25) is 13.9 Å². The molecule has 2 aromatic heterocycles. The highest BCUT2D eigenvalue weighted by Crippen LogP contribution is 2.22. The summed E-state index contributed by atoms with van der Waals surface area (Å²) in [5.41, 5.74) is -0.349. The minimum Gasteiger partial charge on any atom is -0.550 e. The average molecular weight is 323 g/mol. The average Bonchev–Trinajstić information content (AvgIpc) is 2.82. The molecule has 0 saturated carbocycles. The minimum absolute atomic E-state index is 0.126. The van der Waals surface area contributed by atoms with Crippen molar-refractivity contribution < 1.29 is 9.90 Å². The third-order valence-corrected chi connectivity index (χ3v) is 4.14. The lowest BCUT2D eigenvalue weighted by Gasteiger charge is -2.07. The molecule has 9 heteroatoms. The number of aromatic nitrogens is 4. The fourth-order valence-electron chi connectivity index (χ4n) is 2.06. The second kappa shape index (κ2) is 6.22. The molecular weight excluding hydrogens is 308 g/mol. The monoisotopic (exact) mass is 323 g/mol. The molecule has 0 atom stereocenters. The number of nitrogens with zero attached hydrogens (tertiary/aromatic N) is 4. The normalized spacial score (nSPS) is 11.0. The van der Waals surface area contributed by atoms with Crippen LogP contribution in [0.3, 0.4) is 0 Å². The van der Waals surface area contributed by atoms with Crippen molar-refractivity contribution in [3.05, 3.63) is 33.5 Å². The van der Waals surface area contributed by atoms with Gasteiger partial charge in [0.25, 0.3) is 5.56 Å². The Bertz CT molecular complexity index is 862. The lowest BCUT2D eigenvalue weighted by atomic mass is 10.5. The van der Waals surface area contributed by atoms with Gasteiger partial charge in [-0.05, 0) is 6.42 Å². The van der Waals surface area contributed by atoms with Gasteiger partial charge in [-0.15, -0.1) is 6.58 Å². The molecule has 0 spiro atoms. The molecule has 0 aliphatic heterocycles. The summed E-state index contributed by atoms with van der Waals surface area (Å²) >= 11 is 1.19. The predicted molar refractivity (Wildman–Crippen MR) is 80.8 cm³/mol. The molecule has 0 aromatic carbocycles. The fourth-order valence-corrected chi connectivity index (χ4v) is 2.98. The summed E-state index contributed by atoms with van der Waals surface area (Å²) in [6, 6.07) is 0. The van der Waals surface area contributed by atoms with Crippen LogP contribution in [-0.2, 0) is 25.4 Å². The minimum atomic E-state index is -1.15. The first-order chi connectivity index (χ1) is 10.4. The molecule has 8 nitrogen and oxygen atoms in total. The summed E-state index contributed by atoms with van der Waals surface area (Å²) in [4.78, 5) is 39.1. The van der Waals surface area contributed by atoms with Gasteiger partial charge in [-0.1, -0.05) is 17.8 Å². The van der Waals surface area contributed by atoms with Gasteiger partial charge < -0.3 is 14.5 Å². The number of allylic oxidation sites excluding steroid dienone is 1. The summed E-state index contributed by atoms with van der Waals surface area (Å²) < 4.78 is 3.93. The summed E-state index contributed by atoms with van der Waals surface area (Å²) in [7, 11) is 2.93. The van der Waals surface area contributed by atoms with Crippen LogP contribution in [0.1, 0.15) is 6.42 Å². The largest absolute Gasteiger partial charge is 0.550 e. The number of aryl methyl sites for hydroxylation is 1. The van der Waals surface area contributed by atoms with Gasteiger partial charge >= 0.3 is 5.69 Å². The zero-order chi connectivity index (χ0) is 16.4. The van der Waals surface area contributed by atoms with Crippen molar-refractivity contribution in [3.8, 4) is 0 Å². The number of rotatable bonds is 6. The van der Waals surface area contributed by atoms with Gasteiger partial charge in [0, 0.05) is 32.4 Å². The highest BCUT2D eigenvalue weighted by molar-refractivity contribution is 7.99. The van der Waals surface area contributed by atoms with E-state index in [4.69, 9.17) is 0 Å². The standard InChI is InChI=1S/C13H16N4O4S/c1-4-6-17-9-10(14-12(17)22-7-5-8(18)19)15(2)13(21)16(3)11(9)20/h4H,1,5-7H2,2-3H3,(H,18,19)/p-1. The Kier molecular flexibility index (Phi) is 4.55. The highest BCUT2D eigenvalue weighted by atomic mass is 32.2. The van der Waals surface area contributed by atoms with Crippen LogP contribution in [0, 0.1) is 0 Å². The number of thioether (sulfide) groups is 1. The van der Waals surface area contributed by atoms with Gasteiger partial charge in [-0.25, -0.2) is 9.78 Å². The molecule has 0 unspecified atom stereocenters. The van der Waals surface area contributed by atoms with E-state index in [2.05, 4.69) is 11.6 Å². The first-order valence-electron chi connectivity index (χ1n) is 6.48. The Morgan fingerprint density at radius 2 is 2.05 bits per heavy atom. The van der Waals surface area contributed by atoms with Crippen molar-refractivity contribution in [2.75, 3.05) is 5.75 Å². The Balaban J connectivity index is 2.65. The van der Waals surface area contributed by atoms with Crippen molar-refractivity contribution in [2.24, 2.45) is 14.1 Å². The summed E-state index contributed by atoms with van der Waals surface area (Å²) in [6.45, 7) is 3.98. The maximum Gasteiger partial charge on any atom is 0.332 e. The number of carbonyl (C=O) groups excluding carboxylic acids is 1. The van der Waals surface area contributed by atoms with E-state index in [-0.39, 0.29) is 17.8 Å². The van der Waals surface area contributed by atoms with E-state index in [0.29, 0.717) is 17.2 Å². The molecule has 0 amide bonds. The molecule has 0 bridgehead atoms. The van der Waals surface area contributed by atoms with Crippen molar-refractivity contribution in [2.45, 2.75) is 18.1 Å². The first-order valence-corrected chi connectivity index (χ1v) is 7.46. The molecule has 2 aromatic rings. The van der Waals surface area contributed by atoms with Crippen LogP contribution in [0.2, 0.25) is 0 Å². The number of fused-ring (bicyclic) bond motifs is 1. The smallest absolute Gasteiger partial charge is 0.332 e. The topological polar surface area (TPSA) is 102 Å². The molecule has 0 N–H and O–H groups in total. The van der Waals surface area contributed by atoms with Crippen molar-refractivity contribution >= 4 is 28.9 Å². The Labute approximate surface area is 129 Å². The van der Waals surface area contributed by atoms with Gasteiger partial charge in [0.05, 0.1) is 0 Å². The molecular formula is C13H15N4O4S-. The second-order valence-corrected chi connectivity index (χ2v) is 5.70. The summed E-state index contributed by atoms with van der Waals surface area (Å²) in [6.07, 6.45) is 1.48. The summed E-state index contributed by atoms with van der Waals surface area (Å²) in [5, 5.41) is 11.0. The van der Waals surface area contributed by atoms with Crippen LogP contribution in [0.25, 0.3) is 11.2 Å². The van der Waals surface area contributed by atoms with Gasteiger partial charge in [0.1, 0.15) is 0 Å². The van der Waals surface area contributed by atoms with Gasteiger partial charge in [0.15, 0.2) is 16.3 Å². The van der Waals surface area contributed by atoms with E-state index in [1.54, 1.807) is 10.6 Å². The zero-order valence-electron chi connectivity index (χ0n) is 12.2. The van der Waals surface area contributed by atoms with E-state index in [0.717, 1.165) is 4.57 Å². The van der Waals surface area contributed by atoms with Crippen LogP contribution in [-0.4, -0.2) is 30.4 Å². The van der Waals surface area contributed by atoms with E-state index in [1.165, 1.54) is 30.4 Å². The first kappa shape index (κ1) is 16.1. The van der Waals surface area contributed by atoms with E-state index < -0.39 is 17.2 Å². The molecule has 0 aliphatic carbocycles. The lowest BCUT2D eigenvalue weighted by Crippen LogP contribution is -2.37. The lowest BCUT2D eigenvalue weighted by molar-refractivity contribution is -0.305. The number of hydrogen-bond donors (Lipinski definition) is 0. The zero-order valence-corrected chi connectivity index (χ0v) is 13.1. The third kappa shape index (κ3) is 2.71. The highest BCUT2D eigenvalue weighted by Gasteiger charge is 2.18. The number of hydrogen-bond acceptors (Lipinski definition) is 6. The number of aliphatic carboxylic acids is 1. The van der Waals surface area contributed by atoms with E-state index in [1.807, 2.05) is 0 Å². The van der Waals surface area contributed by atoms with Crippen molar-refractivity contribution in [1.29, 1.82) is 0 Å². The predicted octanol–water partition coefficient (Wildman–Crippen LogP) is -1.15. The van der Waals surface area contributed by atoms with E-state index in [9.17, 15) is 19.5 Å². The molecule has 2 rings (SSSR count). The quantitative estimate of drug-likeness (QED) is 0.491. The molecule has 0 fully saturated rings. The van der Waals surface area contributed by atoms with Gasteiger partial charge in [-0.2, -0.15) is 0 Å².